The van der Waals surface area contributed by atoms with Crippen LogP contribution in [0.4, 0.5) is 10.5 Å². The summed E-state index contributed by atoms with van der Waals surface area (Å²) in [5.41, 5.74) is 6.47. The zero-order chi connectivity index (χ0) is 19.8. The molecule has 0 spiro atoms. The molecule has 1 aliphatic heterocycles. The van der Waals surface area contributed by atoms with Gasteiger partial charge in [-0.2, -0.15) is 5.26 Å². The minimum Gasteiger partial charge on any atom is -0.464 e. The maximum atomic E-state index is 12.4. The van der Waals surface area contributed by atoms with E-state index in [-0.39, 0.29) is 12.5 Å². The van der Waals surface area contributed by atoms with Crippen molar-refractivity contribution in [3.63, 3.8) is 0 Å². The third-order valence-electron chi connectivity index (χ3n) is 4.14. The molecule has 1 heterocycles. The van der Waals surface area contributed by atoms with Crippen LogP contribution in [0.25, 0.3) is 0 Å². The first-order valence-electron chi connectivity index (χ1n) is 8.76. The molecule has 0 radical (unpaired) electrons. The van der Waals surface area contributed by atoms with Crippen LogP contribution in [0.1, 0.15) is 32.3 Å². The molecule has 9 heteroatoms. The molecule has 3 amide bonds. The zero-order valence-corrected chi connectivity index (χ0v) is 15.3. The quantitative estimate of drug-likeness (QED) is 0.507. The molecule has 1 fully saturated rings. The van der Waals surface area contributed by atoms with E-state index in [1.807, 2.05) is 6.07 Å². The van der Waals surface area contributed by atoms with Crippen LogP contribution in [0.2, 0.25) is 0 Å². The van der Waals surface area contributed by atoms with Gasteiger partial charge in [0.15, 0.2) is 0 Å². The number of amides is 3. The largest absolute Gasteiger partial charge is 0.464 e. The van der Waals surface area contributed by atoms with Crippen LogP contribution < -0.4 is 16.2 Å². The number of benzene rings is 1. The minimum atomic E-state index is -0.793. The molecular formula is C18H23N5O4. The van der Waals surface area contributed by atoms with Crippen molar-refractivity contribution in [3.05, 3.63) is 29.8 Å². The number of nitrogens with zero attached hydrogens (tertiary/aromatic N) is 2. The monoisotopic (exact) mass is 373 g/mol. The molecule has 3 N–H and O–H groups in total. The molecule has 9 nitrogen and oxygen atoms in total. The number of rotatable bonds is 6. The van der Waals surface area contributed by atoms with Gasteiger partial charge in [-0.25, -0.2) is 9.59 Å². The summed E-state index contributed by atoms with van der Waals surface area (Å²) in [7, 11) is 0. The molecule has 1 unspecified atom stereocenters. The Morgan fingerprint density at radius 3 is 2.67 bits per heavy atom. The Bertz CT molecular complexity index is 728. The first-order valence-corrected chi connectivity index (χ1v) is 8.76. The van der Waals surface area contributed by atoms with Gasteiger partial charge in [0.2, 0.25) is 0 Å². The van der Waals surface area contributed by atoms with Crippen molar-refractivity contribution in [3.8, 4) is 6.07 Å². The van der Waals surface area contributed by atoms with Crippen LogP contribution in [0.3, 0.4) is 0 Å². The molecule has 1 aromatic carbocycles. The molecular weight excluding hydrogens is 350 g/mol. The van der Waals surface area contributed by atoms with Gasteiger partial charge in [-0.05, 0) is 51.0 Å². The van der Waals surface area contributed by atoms with Crippen molar-refractivity contribution in [2.24, 2.45) is 0 Å². The fourth-order valence-electron chi connectivity index (χ4n) is 2.72. The summed E-state index contributed by atoms with van der Waals surface area (Å²) in [6.45, 7) is 3.88. The summed E-state index contributed by atoms with van der Waals surface area (Å²) in [5, 5.41) is 11.3. The van der Waals surface area contributed by atoms with Crippen LogP contribution in [-0.4, -0.2) is 48.0 Å². The molecule has 1 aliphatic rings. The fourth-order valence-corrected chi connectivity index (χ4v) is 2.72. The van der Waals surface area contributed by atoms with Gasteiger partial charge in [-0.1, -0.05) is 0 Å². The van der Waals surface area contributed by atoms with E-state index in [0.717, 1.165) is 0 Å². The fraction of sp³-hybridized carbons (Fsp3) is 0.444. The van der Waals surface area contributed by atoms with Crippen molar-refractivity contribution in [1.82, 2.24) is 15.6 Å². The van der Waals surface area contributed by atoms with Crippen LogP contribution in [0.15, 0.2) is 24.3 Å². The molecule has 0 bridgehead atoms. The van der Waals surface area contributed by atoms with Gasteiger partial charge in [0.25, 0.3) is 5.91 Å². The molecule has 0 aliphatic carbocycles. The summed E-state index contributed by atoms with van der Waals surface area (Å²) in [6.07, 6.45) is 1.22. The molecule has 2 rings (SSSR count). The van der Waals surface area contributed by atoms with Crippen LogP contribution in [-0.2, 0) is 14.3 Å². The van der Waals surface area contributed by atoms with Gasteiger partial charge in [-0.3, -0.25) is 15.6 Å². The number of hydrogen-bond donors (Lipinski definition) is 3. The van der Waals surface area contributed by atoms with Gasteiger partial charge in [0, 0.05) is 6.54 Å². The maximum absolute atomic E-state index is 12.4. The highest BCUT2D eigenvalue weighted by Gasteiger charge is 2.35. The number of likely N-dealkylation sites (tertiary alicyclic amines) is 1. The average Bonchev–Trinajstić information content (AvgIpc) is 3.16. The summed E-state index contributed by atoms with van der Waals surface area (Å²) in [6, 6.07) is 6.69. The summed E-state index contributed by atoms with van der Waals surface area (Å²) < 4.78 is 4.86. The topological polar surface area (TPSA) is 124 Å². The Hall–Kier alpha value is -3.28. The van der Waals surface area contributed by atoms with E-state index in [1.54, 1.807) is 31.2 Å². The van der Waals surface area contributed by atoms with Crippen molar-refractivity contribution in [1.29, 1.82) is 5.26 Å². The number of carbonyl (C=O) groups is 3. The van der Waals surface area contributed by atoms with Gasteiger partial charge >= 0.3 is 12.0 Å². The molecule has 1 saturated heterocycles. The van der Waals surface area contributed by atoms with Crippen molar-refractivity contribution >= 4 is 23.6 Å². The predicted molar refractivity (Wildman–Crippen MR) is 97.3 cm³/mol. The first kappa shape index (κ1) is 20.0. The Balaban J connectivity index is 1.90. The lowest BCUT2D eigenvalue weighted by molar-refractivity contribution is -0.144. The van der Waals surface area contributed by atoms with E-state index in [4.69, 9.17) is 10.00 Å². The van der Waals surface area contributed by atoms with Crippen LogP contribution >= 0.6 is 0 Å². The lowest BCUT2D eigenvalue weighted by Gasteiger charge is -2.25. The van der Waals surface area contributed by atoms with Crippen molar-refractivity contribution in [2.45, 2.75) is 38.8 Å². The molecule has 0 saturated carbocycles. The molecule has 1 aromatic rings. The van der Waals surface area contributed by atoms with Gasteiger partial charge in [0.05, 0.1) is 23.9 Å². The number of urea groups is 1. The zero-order valence-electron chi connectivity index (χ0n) is 15.3. The molecule has 2 atom stereocenters. The lowest BCUT2D eigenvalue weighted by Crippen LogP contribution is -2.53. The number of ether oxygens (including phenoxy) is 1. The van der Waals surface area contributed by atoms with Crippen molar-refractivity contribution < 1.29 is 19.1 Å². The number of hydrogen-bond acceptors (Lipinski definition) is 6. The summed E-state index contributed by atoms with van der Waals surface area (Å²) in [4.78, 5) is 37.9. The molecule has 27 heavy (non-hydrogen) atoms. The number of nitriles is 1. The van der Waals surface area contributed by atoms with Crippen LogP contribution in [0, 0.1) is 11.3 Å². The second-order valence-corrected chi connectivity index (χ2v) is 6.08. The number of carbonyl (C=O) groups excluding carboxylic acids is 3. The Morgan fingerprint density at radius 1 is 1.33 bits per heavy atom. The number of hydrazine groups is 1. The Labute approximate surface area is 157 Å². The lowest BCUT2D eigenvalue weighted by atomic mass is 10.2. The van der Waals surface area contributed by atoms with E-state index >= 15 is 0 Å². The molecule has 0 aromatic heterocycles. The normalized spacial score (nSPS) is 16.8. The van der Waals surface area contributed by atoms with E-state index < -0.39 is 24.1 Å². The maximum Gasteiger partial charge on any atom is 0.328 e. The summed E-state index contributed by atoms with van der Waals surface area (Å²) in [5.74, 6) is -0.871. The second-order valence-electron chi connectivity index (χ2n) is 6.08. The van der Waals surface area contributed by atoms with Gasteiger partial charge in [-0.15, -0.1) is 0 Å². The van der Waals surface area contributed by atoms with Crippen LogP contribution in [0.5, 0.6) is 0 Å². The van der Waals surface area contributed by atoms with E-state index in [0.29, 0.717) is 30.6 Å². The smallest absolute Gasteiger partial charge is 0.328 e. The second kappa shape index (κ2) is 9.43. The predicted octanol–water partition coefficient (Wildman–Crippen LogP) is 1.13. The highest BCUT2D eigenvalue weighted by atomic mass is 16.5. The third-order valence-corrected chi connectivity index (χ3v) is 4.14. The highest BCUT2D eigenvalue weighted by molar-refractivity contribution is 5.90. The minimum absolute atomic E-state index is 0.231. The van der Waals surface area contributed by atoms with E-state index in [9.17, 15) is 14.4 Å². The Kier molecular flexibility index (Phi) is 7.00. The van der Waals surface area contributed by atoms with E-state index in [1.165, 1.54) is 11.8 Å². The average molecular weight is 373 g/mol. The molecule has 144 valence electrons. The number of esters is 1. The number of anilines is 1. The standard InChI is InChI=1S/C18H23N5O4/c1-3-27-17(25)12(2)20-18(26)23-10-4-5-15(23)16(24)22-21-14-8-6-13(11-19)7-9-14/h6-9,12,15,21H,3-5,10H2,1-2H3,(H,20,26)(H,22,24)/t12-,15?/m0/s1. The SMILES string of the molecule is CCOC(=O)[C@H](C)NC(=O)N1CCCC1C(=O)NNc1ccc(C#N)cc1. The Morgan fingerprint density at radius 2 is 2.04 bits per heavy atom. The van der Waals surface area contributed by atoms with Crippen molar-refractivity contribution in [2.75, 3.05) is 18.6 Å². The van der Waals surface area contributed by atoms with Gasteiger partial charge in [0.1, 0.15) is 12.1 Å². The summed E-state index contributed by atoms with van der Waals surface area (Å²) >= 11 is 0. The van der Waals surface area contributed by atoms with Gasteiger partial charge < -0.3 is 15.0 Å². The first-order chi connectivity index (χ1) is 13.0. The third kappa shape index (κ3) is 5.34. The number of nitrogens with one attached hydrogen (secondary N) is 3. The van der Waals surface area contributed by atoms with E-state index in [2.05, 4.69) is 16.2 Å². The highest BCUT2D eigenvalue weighted by Crippen LogP contribution is 2.18.